The van der Waals surface area contributed by atoms with Gasteiger partial charge in [0.05, 0.1) is 0 Å². The Hall–Kier alpha value is -0.744. The standard InChI is InChI=1S/C16F34OP.BrH.Mg/c17-1(18,5(25,26)9(33,34)13(41,42)43)3(21,22)7(29,30)11(37,38)15(47,48)52(51)16(49,50)12(39,40)8(31,32)4(23,24)2(19,20)6(27,28)10(35,36)14(44,45)46;;/h;1H;/q-1;;+2/p-1. The molecule has 0 heterocycles. The maximum absolute atomic E-state index is 13.8. The van der Waals surface area contributed by atoms with Gasteiger partial charge in [0.2, 0.25) is 0 Å². The summed E-state index contributed by atoms with van der Waals surface area (Å²) >= 11 is 0. The molecule has 0 aliphatic carbocycles. The van der Waals surface area contributed by atoms with Gasteiger partial charge in [0, 0.05) is 0 Å². The third-order valence-electron chi connectivity index (χ3n) is 5.92. The van der Waals surface area contributed by atoms with Crippen LogP contribution in [0.5, 0.6) is 0 Å². The van der Waals surface area contributed by atoms with Gasteiger partial charge in [-0.3, -0.25) is 0 Å². The van der Waals surface area contributed by atoms with E-state index in [-0.39, 0.29) is 40.0 Å². The van der Waals surface area contributed by atoms with E-state index in [1.165, 1.54) is 0 Å². The Bertz CT molecular complexity index is 1210. The third kappa shape index (κ3) is 6.87. The predicted molar refractivity (Wildman–Crippen MR) is 94.0 cm³/mol. The average Bonchev–Trinajstić information content (AvgIpc) is 2.89. The van der Waals surface area contributed by atoms with Crippen molar-refractivity contribution in [2.45, 2.75) is 94.8 Å². The molecule has 0 N–H and O–H groups in total. The summed E-state index contributed by atoms with van der Waals surface area (Å²) in [6.07, 6.45) is -16.7. The molecule has 0 rings (SSSR count). The van der Waals surface area contributed by atoms with Crippen molar-refractivity contribution >= 4 is 31.2 Å². The van der Waals surface area contributed by atoms with Crippen LogP contribution in [0.4, 0.5) is 149 Å². The van der Waals surface area contributed by atoms with Crippen LogP contribution < -0.4 is 21.9 Å². The quantitative estimate of drug-likeness (QED) is 0.102. The van der Waals surface area contributed by atoms with Gasteiger partial charge >= 0.3 is 118 Å². The molecule has 0 spiro atoms. The van der Waals surface area contributed by atoms with E-state index in [1.807, 2.05) is 0 Å². The van der Waals surface area contributed by atoms with E-state index in [4.69, 9.17) is 0 Å². The van der Waals surface area contributed by atoms with Gasteiger partial charge in [-0.15, -0.1) is 0 Å². The molecule has 54 heavy (non-hydrogen) atoms. The van der Waals surface area contributed by atoms with Gasteiger partial charge in [-0.2, -0.15) is 149 Å². The van der Waals surface area contributed by atoms with Crippen LogP contribution in [0.3, 0.4) is 0 Å². The maximum atomic E-state index is 13.8. The second-order valence-electron chi connectivity index (χ2n) is 9.27. The summed E-state index contributed by atoms with van der Waals surface area (Å²) in [6.45, 7) is 0. The Labute approximate surface area is 297 Å². The Kier molecular flexibility index (Phi) is 15.2. The SMILES string of the molecule is [Br-].[Mg+2].[O-]P(C(F)(F)C(F)(F)C(F)(F)C(F)(F)C(F)(F)C(F)(F)C(F)(F)C(F)(F)F)C(F)(F)C(F)(F)C(F)(F)C(F)(F)C(F)(F)C(F)(F)C(F)(F)C(F)(F)F. The molecule has 0 aromatic carbocycles. The van der Waals surface area contributed by atoms with Crippen LogP contribution in [0.2, 0.25) is 0 Å². The number of alkyl halides is 34. The summed E-state index contributed by atoms with van der Waals surface area (Å²) in [5.74, 6) is -114. The molecular weight excluding hydrogens is 989 g/mol. The number of hydrogen-bond donors (Lipinski definition) is 0. The van der Waals surface area contributed by atoms with Crippen LogP contribution in [0.25, 0.3) is 0 Å². The monoisotopic (exact) mass is 988 g/mol. The summed E-state index contributed by atoms with van der Waals surface area (Å²) in [6, 6.07) is 0. The van der Waals surface area contributed by atoms with Crippen molar-refractivity contribution in [1.82, 2.24) is 0 Å². The molecule has 38 heteroatoms. The predicted octanol–water partition coefficient (Wildman–Crippen LogP) is 7.30. The van der Waals surface area contributed by atoms with Crippen LogP contribution in [-0.4, -0.2) is 118 Å². The molecule has 0 aliphatic heterocycles. The van der Waals surface area contributed by atoms with Crippen molar-refractivity contribution < 1.29 is 171 Å². The number of rotatable bonds is 14. The van der Waals surface area contributed by atoms with E-state index < -0.39 is 103 Å². The van der Waals surface area contributed by atoms with Crippen molar-refractivity contribution in [3.05, 3.63) is 0 Å². The van der Waals surface area contributed by atoms with E-state index in [9.17, 15) is 154 Å². The molecule has 0 aromatic heterocycles. The van der Waals surface area contributed by atoms with Gasteiger partial charge in [-0.25, -0.2) is 0 Å². The molecule has 0 amide bonds. The fourth-order valence-electron chi connectivity index (χ4n) is 2.74. The summed E-state index contributed by atoms with van der Waals surface area (Å²) in [7, 11) is -9.04. The van der Waals surface area contributed by atoms with E-state index >= 15 is 0 Å². The Morgan fingerprint density at radius 3 is 0.463 bits per heavy atom. The normalized spacial score (nSPS) is 16.7. The zero-order valence-corrected chi connectivity index (χ0v) is 26.7. The van der Waals surface area contributed by atoms with Gasteiger partial charge < -0.3 is 21.9 Å². The first-order chi connectivity index (χ1) is 21.7. The molecule has 0 fully saturated rings. The third-order valence-corrected chi connectivity index (χ3v) is 7.50. The topological polar surface area (TPSA) is 23.1 Å². The van der Waals surface area contributed by atoms with Gasteiger partial charge in [-0.1, -0.05) is 0 Å². The first-order valence-electron chi connectivity index (χ1n) is 10.6. The Balaban J connectivity index is -0.0000130. The molecule has 0 aliphatic rings. The molecular formula is C16BrF34MgOP. The molecule has 0 atom stereocenters. The minimum Gasteiger partial charge on any atom is -1.00 e. The fraction of sp³-hybridized carbons (Fsp3) is 1.00. The molecule has 0 radical (unpaired) electrons. The molecule has 322 valence electrons. The molecule has 0 saturated heterocycles. The minimum absolute atomic E-state index is 0. The van der Waals surface area contributed by atoms with Crippen LogP contribution >= 0.6 is 8.15 Å². The average molecular weight is 989 g/mol. The van der Waals surface area contributed by atoms with Crippen molar-refractivity contribution in [2.24, 2.45) is 0 Å². The van der Waals surface area contributed by atoms with E-state index in [1.54, 1.807) is 0 Å². The van der Waals surface area contributed by atoms with Crippen LogP contribution in [-0.2, 0) is 0 Å². The van der Waals surface area contributed by atoms with E-state index in [2.05, 4.69) is 0 Å². The first-order valence-corrected chi connectivity index (χ1v) is 11.8. The summed E-state index contributed by atoms with van der Waals surface area (Å²) < 4.78 is 448. The second kappa shape index (κ2) is 14.2. The summed E-state index contributed by atoms with van der Waals surface area (Å²) in [5, 5.41) is 0. The minimum atomic E-state index is -9.85. The largest absolute Gasteiger partial charge is 2.00 e. The number of halogens is 35. The van der Waals surface area contributed by atoms with Gasteiger partial charge in [0.25, 0.3) is 0 Å². The molecule has 0 aromatic rings. The zero-order chi connectivity index (χ0) is 43.6. The van der Waals surface area contributed by atoms with E-state index in [0.717, 1.165) is 0 Å². The number of hydrogen-bond acceptors (Lipinski definition) is 1. The van der Waals surface area contributed by atoms with E-state index in [0.29, 0.717) is 0 Å². The molecule has 1 nitrogen and oxygen atoms in total. The molecule has 0 bridgehead atoms. The smallest absolute Gasteiger partial charge is 1.00 e. The Morgan fingerprint density at radius 2 is 0.333 bits per heavy atom. The molecule has 0 unspecified atom stereocenters. The second-order valence-corrected chi connectivity index (χ2v) is 11.0. The van der Waals surface area contributed by atoms with Crippen LogP contribution in [0, 0.1) is 0 Å². The zero-order valence-electron chi connectivity index (χ0n) is 22.8. The Morgan fingerprint density at radius 1 is 0.222 bits per heavy atom. The van der Waals surface area contributed by atoms with Gasteiger partial charge in [0.15, 0.2) is 0 Å². The van der Waals surface area contributed by atoms with Crippen molar-refractivity contribution in [3.63, 3.8) is 0 Å². The van der Waals surface area contributed by atoms with Crippen molar-refractivity contribution in [3.8, 4) is 0 Å². The van der Waals surface area contributed by atoms with Crippen molar-refractivity contribution in [1.29, 1.82) is 0 Å². The van der Waals surface area contributed by atoms with Crippen LogP contribution in [0.1, 0.15) is 0 Å². The fourth-order valence-corrected chi connectivity index (χ4v) is 3.89. The van der Waals surface area contributed by atoms with Crippen LogP contribution in [0.15, 0.2) is 0 Å². The summed E-state index contributed by atoms with van der Waals surface area (Å²) in [4.78, 5) is 11.1. The molecule has 0 saturated carbocycles. The van der Waals surface area contributed by atoms with Gasteiger partial charge in [-0.05, 0) is 8.15 Å². The van der Waals surface area contributed by atoms with Crippen molar-refractivity contribution in [2.75, 3.05) is 0 Å². The first kappa shape index (κ1) is 57.6. The van der Waals surface area contributed by atoms with Gasteiger partial charge in [0.1, 0.15) is 0 Å². The summed E-state index contributed by atoms with van der Waals surface area (Å²) in [5.41, 5.74) is -18.9. The maximum Gasteiger partial charge on any atom is 2.00 e.